The molecule has 1 heterocycles. The van der Waals surface area contributed by atoms with Gasteiger partial charge in [0.15, 0.2) is 0 Å². The lowest BCUT2D eigenvalue weighted by Gasteiger charge is -1.99. The van der Waals surface area contributed by atoms with Crippen LogP contribution in [0.1, 0.15) is 11.1 Å². The fourth-order valence-corrected chi connectivity index (χ4v) is 2.53. The molecule has 0 amide bonds. The predicted molar refractivity (Wildman–Crippen MR) is 45.6 cm³/mol. The third-order valence-corrected chi connectivity index (χ3v) is 3.08. The molecule has 0 bridgehead atoms. The van der Waals surface area contributed by atoms with Crippen LogP contribution < -0.4 is 0 Å². The van der Waals surface area contributed by atoms with Crippen LogP contribution in [0.15, 0.2) is 23.1 Å². The summed E-state index contributed by atoms with van der Waals surface area (Å²) >= 11 is 1.98. The molecule has 0 spiro atoms. The number of aryl methyl sites for hydroxylation is 1. The highest BCUT2D eigenvalue weighted by Crippen LogP contribution is 2.32. The molecule has 2 rings (SSSR count). The van der Waals surface area contributed by atoms with E-state index in [-0.39, 0.29) is 0 Å². The second-order valence-electron chi connectivity index (χ2n) is 2.65. The highest BCUT2D eigenvalue weighted by atomic mass is 32.2. The Labute approximate surface area is 65.6 Å². The number of thioether (sulfide) groups is 1. The zero-order valence-electron chi connectivity index (χ0n) is 6.05. The van der Waals surface area contributed by atoms with E-state index in [4.69, 9.17) is 0 Å². The molecule has 0 saturated heterocycles. The smallest absolute Gasteiger partial charge is 0.0107 e. The van der Waals surface area contributed by atoms with Gasteiger partial charge in [0.1, 0.15) is 0 Å². The van der Waals surface area contributed by atoms with Crippen molar-refractivity contribution in [2.24, 2.45) is 0 Å². The molecule has 0 aromatic heterocycles. The fraction of sp³-hybridized carbons (Fsp3) is 0.333. The van der Waals surface area contributed by atoms with Crippen molar-refractivity contribution >= 4 is 11.8 Å². The molecule has 0 aliphatic carbocycles. The van der Waals surface area contributed by atoms with Crippen LogP contribution in [0.25, 0.3) is 0 Å². The molecule has 0 unspecified atom stereocenters. The van der Waals surface area contributed by atoms with Crippen molar-refractivity contribution in [2.75, 3.05) is 5.75 Å². The highest BCUT2D eigenvalue weighted by molar-refractivity contribution is 7.99. The molecule has 0 atom stereocenters. The van der Waals surface area contributed by atoms with Gasteiger partial charge < -0.3 is 0 Å². The summed E-state index contributed by atoms with van der Waals surface area (Å²) in [6, 6.07) is 6.57. The summed E-state index contributed by atoms with van der Waals surface area (Å²) in [5.74, 6) is 1.28. The van der Waals surface area contributed by atoms with E-state index in [1.165, 1.54) is 22.6 Å². The Balaban J connectivity index is 2.59. The van der Waals surface area contributed by atoms with Crippen LogP contribution in [0.4, 0.5) is 0 Å². The molecule has 1 aromatic rings. The summed E-state index contributed by atoms with van der Waals surface area (Å²) in [5.41, 5.74) is 3.04. The average molecular weight is 150 g/mol. The summed E-state index contributed by atoms with van der Waals surface area (Å²) in [7, 11) is 0. The van der Waals surface area contributed by atoms with E-state index < -0.39 is 0 Å². The first-order valence-corrected chi connectivity index (χ1v) is 4.58. The molecule has 0 nitrogen and oxygen atoms in total. The summed E-state index contributed by atoms with van der Waals surface area (Å²) in [4.78, 5) is 1.50. The first kappa shape index (κ1) is 6.29. The van der Waals surface area contributed by atoms with E-state index in [0.717, 1.165) is 0 Å². The zero-order chi connectivity index (χ0) is 6.97. The Morgan fingerprint density at radius 3 is 3.10 bits per heavy atom. The second-order valence-corrected chi connectivity index (χ2v) is 3.79. The van der Waals surface area contributed by atoms with Crippen LogP contribution in [0.2, 0.25) is 0 Å². The minimum Gasteiger partial charge on any atom is -0.126 e. The maximum atomic E-state index is 2.22. The Kier molecular flexibility index (Phi) is 1.46. The highest BCUT2D eigenvalue weighted by Gasteiger charge is 2.11. The van der Waals surface area contributed by atoms with Crippen LogP contribution in [-0.4, -0.2) is 5.75 Å². The first-order valence-electron chi connectivity index (χ1n) is 3.59. The van der Waals surface area contributed by atoms with E-state index >= 15 is 0 Å². The van der Waals surface area contributed by atoms with Crippen molar-refractivity contribution in [1.82, 2.24) is 0 Å². The van der Waals surface area contributed by atoms with Gasteiger partial charge in [-0.05, 0) is 30.5 Å². The quantitative estimate of drug-likeness (QED) is 0.548. The second kappa shape index (κ2) is 2.31. The van der Waals surface area contributed by atoms with Crippen LogP contribution >= 0.6 is 11.8 Å². The molecule has 0 fully saturated rings. The van der Waals surface area contributed by atoms with E-state index in [1.807, 2.05) is 11.8 Å². The SMILES string of the molecule is Cc1cccc2c1CCS2. The monoisotopic (exact) mass is 150 g/mol. The van der Waals surface area contributed by atoms with Gasteiger partial charge in [-0.3, -0.25) is 0 Å². The van der Waals surface area contributed by atoms with Crippen molar-refractivity contribution in [1.29, 1.82) is 0 Å². The molecule has 0 N–H and O–H groups in total. The maximum Gasteiger partial charge on any atom is 0.0107 e. The Morgan fingerprint density at radius 2 is 2.30 bits per heavy atom. The van der Waals surface area contributed by atoms with E-state index in [2.05, 4.69) is 25.1 Å². The summed E-state index contributed by atoms with van der Waals surface area (Å²) in [6.45, 7) is 2.20. The summed E-state index contributed by atoms with van der Waals surface area (Å²) in [5, 5.41) is 0. The van der Waals surface area contributed by atoms with E-state index in [9.17, 15) is 0 Å². The average Bonchev–Trinajstić information content (AvgIpc) is 2.36. The van der Waals surface area contributed by atoms with Gasteiger partial charge in [-0.25, -0.2) is 0 Å². The van der Waals surface area contributed by atoms with E-state index in [0.29, 0.717) is 0 Å². The van der Waals surface area contributed by atoms with Crippen LogP contribution in [0.5, 0.6) is 0 Å². The Morgan fingerprint density at radius 1 is 1.40 bits per heavy atom. The van der Waals surface area contributed by atoms with Gasteiger partial charge in [0.2, 0.25) is 0 Å². The van der Waals surface area contributed by atoms with Gasteiger partial charge in [0.05, 0.1) is 0 Å². The summed E-state index contributed by atoms with van der Waals surface area (Å²) < 4.78 is 0. The van der Waals surface area contributed by atoms with Gasteiger partial charge in [-0.1, -0.05) is 12.1 Å². The molecular formula is C9H10S. The molecule has 52 valence electrons. The van der Waals surface area contributed by atoms with Crippen molar-refractivity contribution in [3.8, 4) is 0 Å². The van der Waals surface area contributed by atoms with Crippen molar-refractivity contribution < 1.29 is 0 Å². The van der Waals surface area contributed by atoms with Crippen molar-refractivity contribution in [3.05, 3.63) is 29.3 Å². The normalized spacial score (nSPS) is 15.3. The Hall–Kier alpha value is -0.430. The number of hydrogen-bond acceptors (Lipinski definition) is 1. The number of benzene rings is 1. The lowest BCUT2D eigenvalue weighted by atomic mass is 10.1. The minimum atomic E-state index is 1.27. The predicted octanol–water partition coefficient (Wildman–Crippen LogP) is 2.64. The van der Waals surface area contributed by atoms with Gasteiger partial charge in [-0.15, -0.1) is 11.8 Å². The number of rotatable bonds is 0. The fourth-order valence-electron chi connectivity index (χ4n) is 1.39. The topological polar surface area (TPSA) is 0 Å². The van der Waals surface area contributed by atoms with Crippen molar-refractivity contribution in [3.63, 3.8) is 0 Å². The molecule has 1 aliphatic rings. The number of hydrogen-bond donors (Lipinski definition) is 0. The minimum absolute atomic E-state index is 1.27. The molecule has 0 saturated carbocycles. The molecule has 1 aliphatic heterocycles. The van der Waals surface area contributed by atoms with Crippen molar-refractivity contribution in [2.45, 2.75) is 18.2 Å². The maximum absolute atomic E-state index is 2.22. The lowest BCUT2D eigenvalue weighted by molar-refractivity contribution is 1.11. The molecule has 10 heavy (non-hydrogen) atoms. The van der Waals surface area contributed by atoms with E-state index in [1.54, 1.807) is 5.56 Å². The van der Waals surface area contributed by atoms with Crippen LogP contribution in [0, 0.1) is 6.92 Å². The standard InChI is InChI=1S/C9H10S/c1-7-3-2-4-9-8(7)5-6-10-9/h2-4H,5-6H2,1H3. The lowest BCUT2D eigenvalue weighted by Crippen LogP contribution is -1.84. The largest absolute Gasteiger partial charge is 0.126 e. The molecule has 1 aromatic carbocycles. The molecular weight excluding hydrogens is 140 g/mol. The number of fused-ring (bicyclic) bond motifs is 1. The van der Waals surface area contributed by atoms with Gasteiger partial charge in [-0.2, -0.15) is 0 Å². The van der Waals surface area contributed by atoms with Gasteiger partial charge >= 0.3 is 0 Å². The van der Waals surface area contributed by atoms with Gasteiger partial charge in [0, 0.05) is 10.6 Å². The molecule has 0 radical (unpaired) electrons. The van der Waals surface area contributed by atoms with Crippen LogP contribution in [-0.2, 0) is 6.42 Å². The third-order valence-electron chi connectivity index (χ3n) is 1.98. The molecule has 1 heteroatoms. The van der Waals surface area contributed by atoms with Crippen LogP contribution in [0.3, 0.4) is 0 Å². The summed E-state index contributed by atoms with van der Waals surface area (Å²) in [6.07, 6.45) is 1.27. The Bertz CT molecular complexity index is 253. The first-order chi connectivity index (χ1) is 4.88. The van der Waals surface area contributed by atoms with Gasteiger partial charge in [0.25, 0.3) is 0 Å². The zero-order valence-corrected chi connectivity index (χ0v) is 6.87. The third kappa shape index (κ3) is 0.853.